The van der Waals surface area contributed by atoms with E-state index in [1.54, 1.807) is 13.8 Å². The minimum Gasteiger partial charge on any atom is -0.487 e. The van der Waals surface area contributed by atoms with Crippen LogP contribution in [0.3, 0.4) is 0 Å². The van der Waals surface area contributed by atoms with Crippen molar-refractivity contribution in [1.82, 2.24) is 5.32 Å². The molecule has 0 radical (unpaired) electrons. The summed E-state index contributed by atoms with van der Waals surface area (Å²) in [7, 11) is 0. The van der Waals surface area contributed by atoms with Gasteiger partial charge in [0.05, 0.1) is 5.41 Å². The Balaban J connectivity index is 1.65. The Morgan fingerprint density at radius 3 is 2.35 bits per heavy atom. The van der Waals surface area contributed by atoms with Gasteiger partial charge in [-0.25, -0.2) is 0 Å². The smallest absolute Gasteiger partial charge is 0.313 e. The lowest BCUT2D eigenvalue weighted by Gasteiger charge is -2.43. The number of hydrogen-bond donors (Lipinski definition) is 2. The molecule has 4 rings (SSSR count). The molecular formula is C30H37NO3. The number of carbonyl (C=O) groups is 1. The quantitative estimate of drug-likeness (QED) is 0.537. The summed E-state index contributed by atoms with van der Waals surface area (Å²) in [6.07, 6.45) is 3.60. The van der Waals surface area contributed by atoms with Crippen molar-refractivity contribution in [3.8, 4) is 17.6 Å². The second-order valence-corrected chi connectivity index (χ2v) is 11.8. The summed E-state index contributed by atoms with van der Waals surface area (Å²) in [5, 5.41) is 13.1. The predicted octanol–water partition coefficient (Wildman–Crippen LogP) is 5.79. The number of aliphatic carboxylic acids is 1. The second-order valence-electron chi connectivity index (χ2n) is 11.8. The highest BCUT2D eigenvalue weighted by molar-refractivity contribution is 5.80. The molecule has 0 atom stereocenters. The summed E-state index contributed by atoms with van der Waals surface area (Å²) in [5.74, 6) is 7.62. The van der Waals surface area contributed by atoms with Gasteiger partial charge in [-0.1, -0.05) is 37.8 Å². The molecule has 0 bridgehead atoms. The molecule has 1 fully saturated rings. The Bertz CT molecular complexity index is 1140. The van der Waals surface area contributed by atoms with Gasteiger partial charge in [0.1, 0.15) is 11.4 Å². The summed E-state index contributed by atoms with van der Waals surface area (Å²) in [4.78, 5) is 11.5. The summed E-state index contributed by atoms with van der Waals surface area (Å²) >= 11 is 0. The van der Waals surface area contributed by atoms with Gasteiger partial charge in [0, 0.05) is 28.8 Å². The van der Waals surface area contributed by atoms with Crippen LogP contribution in [0, 0.1) is 17.8 Å². The highest BCUT2D eigenvalue weighted by atomic mass is 16.5. The highest BCUT2D eigenvalue weighted by Crippen LogP contribution is 2.46. The molecule has 2 aromatic carbocycles. The number of nitrogens with one attached hydrogen (secondary N) is 1. The monoisotopic (exact) mass is 459 g/mol. The number of carboxylic acids is 1. The van der Waals surface area contributed by atoms with Gasteiger partial charge in [-0.2, -0.15) is 0 Å². The summed E-state index contributed by atoms with van der Waals surface area (Å²) in [6, 6.07) is 11.9. The maximum Gasteiger partial charge on any atom is 0.313 e. The molecule has 2 N–H and O–H groups in total. The molecule has 2 aromatic rings. The van der Waals surface area contributed by atoms with Crippen LogP contribution in [0.4, 0.5) is 0 Å². The Labute approximate surface area is 204 Å². The van der Waals surface area contributed by atoms with E-state index in [-0.39, 0.29) is 11.0 Å². The largest absolute Gasteiger partial charge is 0.487 e. The van der Waals surface area contributed by atoms with Crippen molar-refractivity contribution in [2.45, 2.75) is 83.8 Å². The van der Waals surface area contributed by atoms with Gasteiger partial charge >= 0.3 is 5.97 Å². The third-order valence-electron chi connectivity index (χ3n) is 7.08. The van der Waals surface area contributed by atoms with Crippen LogP contribution in [0.5, 0.6) is 5.75 Å². The summed E-state index contributed by atoms with van der Waals surface area (Å²) < 4.78 is 6.51. The molecule has 4 heteroatoms. The van der Waals surface area contributed by atoms with E-state index in [9.17, 15) is 9.90 Å². The second kappa shape index (κ2) is 8.78. The van der Waals surface area contributed by atoms with E-state index in [4.69, 9.17) is 4.74 Å². The van der Waals surface area contributed by atoms with Gasteiger partial charge in [-0.05, 0) is 94.7 Å². The minimum atomic E-state index is -0.924. The number of hydrogen-bond acceptors (Lipinski definition) is 3. The van der Waals surface area contributed by atoms with E-state index in [2.05, 4.69) is 57.0 Å². The van der Waals surface area contributed by atoms with Gasteiger partial charge < -0.3 is 15.2 Å². The lowest BCUT2D eigenvalue weighted by molar-refractivity contribution is -0.142. The van der Waals surface area contributed by atoms with Gasteiger partial charge in [0.15, 0.2) is 0 Å². The SMILES string of the molecule is CC1(C)CC(C)(C)c2cc(C#Cc3ccc(C(C)(C)C(=O)O)cc3)cc(CNCC3CC3)c2O1. The van der Waals surface area contributed by atoms with Crippen LogP contribution in [0.25, 0.3) is 0 Å². The molecule has 180 valence electrons. The van der Waals surface area contributed by atoms with E-state index in [0.29, 0.717) is 0 Å². The summed E-state index contributed by atoms with van der Waals surface area (Å²) in [6.45, 7) is 14.2. The molecule has 4 nitrogen and oxygen atoms in total. The summed E-state index contributed by atoms with van der Waals surface area (Å²) in [5.41, 5.74) is 3.87. The van der Waals surface area contributed by atoms with Crippen LogP contribution in [-0.2, 0) is 22.2 Å². The van der Waals surface area contributed by atoms with Gasteiger partial charge in [-0.3, -0.25) is 4.79 Å². The molecule has 0 amide bonds. The van der Waals surface area contributed by atoms with E-state index in [0.717, 1.165) is 47.9 Å². The molecule has 1 heterocycles. The zero-order chi connectivity index (χ0) is 24.7. The number of carboxylic acid groups (broad SMARTS) is 1. The first kappa shape index (κ1) is 24.4. The maximum atomic E-state index is 11.5. The molecule has 0 unspecified atom stereocenters. The van der Waals surface area contributed by atoms with Gasteiger partial charge in [0.2, 0.25) is 0 Å². The van der Waals surface area contributed by atoms with Gasteiger partial charge in [-0.15, -0.1) is 0 Å². The molecule has 1 saturated carbocycles. The number of ether oxygens (including phenoxy) is 1. The standard InChI is InChI=1S/C30H37NO3/c1-28(2)19-29(3,4)34-26-23(18-31-17-21-8-9-21)15-22(16-25(26)28)10-7-20-11-13-24(14-12-20)30(5,6)27(32)33/h11-16,21,31H,8-9,17-19H2,1-6H3,(H,32,33). The third kappa shape index (κ3) is 5.31. The maximum absolute atomic E-state index is 11.5. The Morgan fingerprint density at radius 2 is 1.74 bits per heavy atom. The van der Waals surface area contributed by atoms with Crippen LogP contribution in [0.15, 0.2) is 36.4 Å². The van der Waals surface area contributed by atoms with E-state index >= 15 is 0 Å². The van der Waals surface area contributed by atoms with E-state index in [1.807, 2.05) is 24.3 Å². The van der Waals surface area contributed by atoms with Crippen molar-refractivity contribution in [2.24, 2.45) is 5.92 Å². The molecule has 1 aliphatic heterocycles. The van der Waals surface area contributed by atoms with Crippen LogP contribution in [0.1, 0.15) is 88.6 Å². The van der Waals surface area contributed by atoms with Crippen LogP contribution in [0.2, 0.25) is 0 Å². The number of rotatable bonds is 6. The Hall–Kier alpha value is -2.77. The first-order chi connectivity index (χ1) is 15.9. The fourth-order valence-corrected chi connectivity index (χ4v) is 4.96. The van der Waals surface area contributed by atoms with Crippen molar-refractivity contribution in [3.63, 3.8) is 0 Å². The predicted molar refractivity (Wildman–Crippen MR) is 136 cm³/mol. The van der Waals surface area contributed by atoms with Crippen molar-refractivity contribution >= 4 is 5.97 Å². The fraction of sp³-hybridized carbons (Fsp3) is 0.500. The zero-order valence-electron chi connectivity index (χ0n) is 21.3. The van der Waals surface area contributed by atoms with Crippen molar-refractivity contribution in [1.29, 1.82) is 0 Å². The van der Waals surface area contributed by atoms with Crippen LogP contribution >= 0.6 is 0 Å². The van der Waals surface area contributed by atoms with E-state index < -0.39 is 11.4 Å². The molecule has 34 heavy (non-hydrogen) atoms. The van der Waals surface area contributed by atoms with E-state index in [1.165, 1.54) is 24.0 Å². The van der Waals surface area contributed by atoms with Crippen molar-refractivity contribution in [2.75, 3.05) is 6.54 Å². The van der Waals surface area contributed by atoms with Crippen molar-refractivity contribution in [3.05, 3.63) is 64.2 Å². The molecule has 0 aromatic heterocycles. The topological polar surface area (TPSA) is 58.6 Å². The molecular weight excluding hydrogens is 422 g/mol. The first-order valence-corrected chi connectivity index (χ1v) is 12.3. The zero-order valence-corrected chi connectivity index (χ0v) is 21.3. The molecule has 0 saturated heterocycles. The third-order valence-corrected chi connectivity index (χ3v) is 7.08. The number of fused-ring (bicyclic) bond motifs is 1. The average molecular weight is 460 g/mol. The van der Waals surface area contributed by atoms with Crippen LogP contribution < -0.4 is 10.1 Å². The lowest BCUT2D eigenvalue weighted by Crippen LogP contribution is -2.42. The minimum absolute atomic E-state index is 0.00984. The fourth-order valence-electron chi connectivity index (χ4n) is 4.96. The molecule has 2 aliphatic rings. The number of benzene rings is 2. The Kier molecular flexibility index (Phi) is 6.29. The molecule has 0 spiro atoms. The lowest BCUT2D eigenvalue weighted by atomic mass is 9.72. The first-order valence-electron chi connectivity index (χ1n) is 12.3. The molecule has 1 aliphatic carbocycles. The normalized spacial score (nSPS) is 18.3. The van der Waals surface area contributed by atoms with Crippen LogP contribution in [-0.4, -0.2) is 23.2 Å². The van der Waals surface area contributed by atoms with Gasteiger partial charge in [0.25, 0.3) is 0 Å². The Morgan fingerprint density at radius 1 is 1.09 bits per heavy atom. The highest BCUT2D eigenvalue weighted by Gasteiger charge is 2.40. The van der Waals surface area contributed by atoms with Crippen molar-refractivity contribution < 1.29 is 14.6 Å². The average Bonchev–Trinajstić information content (AvgIpc) is 3.56.